The first-order chi connectivity index (χ1) is 10.2. The van der Waals surface area contributed by atoms with Crippen LogP contribution >= 0.6 is 23.2 Å². The third-order valence-electron chi connectivity index (χ3n) is 5.21. The lowest BCUT2D eigenvalue weighted by Crippen LogP contribution is -2.32. The molecule has 3 aliphatic carbocycles. The minimum atomic E-state index is 0.374. The first-order valence-electron chi connectivity index (χ1n) is 7.79. The van der Waals surface area contributed by atoms with Crippen LogP contribution in [0.2, 0.25) is 10.0 Å². The SMILES string of the molecule is CCCC1CC2c3c(Cl)cccc3C1c1cccc(Cl)c12. The van der Waals surface area contributed by atoms with Crippen LogP contribution in [0.15, 0.2) is 36.4 Å². The summed E-state index contributed by atoms with van der Waals surface area (Å²) in [6, 6.07) is 12.8. The van der Waals surface area contributed by atoms with Gasteiger partial charge in [-0.05, 0) is 53.1 Å². The van der Waals surface area contributed by atoms with Gasteiger partial charge in [0.2, 0.25) is 0 Å². The molecule has 2 heteroatoms. The summed E-state index contributed by atoms with van der Waals surface area (Å²) < 4.78 is 0. The highest BCUT2D eigenvalue weighted by molar-refractivity contribution is 6.32. The van der Waals surface area contributed by atoms with Crippen LogP contribution in [0.1, 0.15) is 60.3 Å². The van der Waals surface area contributed by atoms with Gasteiger partial charge in [0, 0.05) is 21.9 Å². The first kappa shape index (κ1) is 13.7. The smallest absolute Gasteiger partial charge is 0.0447 e. The molecule has 0 saturated carbocycles. The molecule has 0 heterocycles. The Kier molecular flexibility index (Phi) is 3.28. The summed E-state index contributed by atoms with van der Waals surface area (Å²) in [6.07, 6.45) is 3.70. The second kappa shape index (κ2) is 5.04. The molecule has 5 rings (SSSR count). The zero-order valence-corrected chi connectivity index (χ0v) is 13.6. The molecule has 0 spiro atoms. The van der Waals surface area contributed by atoms with E-state index in [0.717, 1.165) is 16.0 Å². The highest BCUT2D eigenvalue weighted by Crippen LogP contribution is 2.59. The Morgan fingerprint density at radius 3 is 2.05 bits per heavy atom. The number of rotatable bonds is 2. The van der Waals surface area contributed by atoms with Crippen LogP contribution in [0.3, 0.4) is 0 Å². The predicted octanol–water partition coefficient (Wildman–Crippen LogP) is 6.39. The van der Waals surface area contributed by atoms with Crippen LogP contribution in [0.4, 0.5) is 0 Å². The summed E-state index contributed by atoms with van der Waals surface area (Å²) in [7, 11) is 0. The van der Waals surface area contributed by atoms with Gasteiger partial charge in [0.05, 0.1) is 0 Å². The van der Waals surface area contributed by atoms with Gasteiger partial charge in [-0.25, -0.2) is 0 Å². The molecular weight excluding hydrogens is 299 g/mol. The maximum Gasteiger partial charge on any atom is 0.0447 e. The minimum Gasteiger partial charge on any atom is -0.0840 e. The van der Waals surface area contributed by atoms with E-state index < -0.39 is 0 Å². The van der Waals surface area contributed by atoms with Crippen molar-refractivity contribution < 1.29 is 0 Å². The van der Waals surface area contributed by atoms with Crippen molar-refractivity contribution in [3.63, 3.8) is 0 Å². The first-order valence-corrected chi connectivity index (χ1v) is 8.54. The minimum absolute atomic E-state index is 0.374. The number of fused-ring (bicyclic) bond motifs is 1. The molecule has 1 unspecified atom stereocenters. The van der Waals surface area contributed by atoms with Crippen molar-refractivity contribution in [2.45, 2.75) is 38.0 Å². The Hall–Kier alpha value is -0.980. The number of halogens is 2. The topological polar surface area (TPSA) is 0 Å². The average Bonchev–Trinajstić information content (AvgIpc) is 2.48. The van der Waals surface area contributed by atoms with E-state index >= 15 is 0 Å². The average molecular weight is 317 g/mol. The van der Waals surface area contributed by atoms with Gasteiger partial charge in [0.15, 0.2) is 0 Å². The van der Waals surface area contributed by atoms with Crippen molar-refractivity contribution in [3.8, 4) is 0 Å². The molecule has 1 atom stereocenters. The zero-order valence-electron chi connectivity index (χ0n) is 12.1. The van der Waals surface area contributed by atoms with Gasteiger partial charge in [-0.2, -0.15) is 0 Å². The molecule has 2 aromatic rings. The summed E-state index contributed by atoms with van der Waals surface area (Å²) in [4.78, 5) is 0. The molecule has 0 aromatic heterocycles. The Balaban J connectivity index is 1.98. The Morgan fingerprint density at radius 1 is 0.952 bits per heavy atom. The lowest BCUT2D eigenvalue weighted by atomic mass is 9.58. The van der Waals surface area contributed by atoms with Crippen molar-refractivity contribution in [1.29, 1.82) is 0 Å². The van der Waals surface area contributed by atoms with Crippen LogP contribution in [0.5, 0.6) is 0 Å². The molecule has 108 valence electrons. The van der Waals surface area contributed by atoms with E-state index in [2.05, 4.69) is 31.2 Å². The van der Waals surface area contributed by atoms with Gasteiger partial charge in [-0.1, -0.05) is 60.8 Å². The quantitative estimate of drug-likeness (QED) is 0.602. The van der Waals surface area contributed by atoms with Gasteiger partial charge in [-0.15, -0.1) is 0 Å². The summed E-state index contributed by atoms with van der Waals surface area (Å²) in [6.45, 7) is 2.28. The second-order valence-corrected chi connectivity index (χ2v) is 7.11. The molecule has 2 bridgehead atoms. The van der Waals surface area contributed by atoms with E-state index in [0.29, 0.717) is 11.8 Å². The van der Waals surface area contributed by atoms with Crippen molar-refractivity contribution in [2.24, 2.45) is 5.92 Å². The maximum atomic E-state index is 6.54. The summed E-state index contributed by atoms with van der Waals surface area (Å²) in [5.41, 5.74) is 5.54. The second-order valence-electron chi connectivity index (χ2n) is 6.30. The molecule has 3 aliphatic rings. The van der Waals surface area contributed by atoms with E-state index in [1.807, 2.05) is 12.1 Å². The van der Waals surface area contributed by atoms with Gasteiger partial charge < -0.3 is 0 Å². The summed E-state index contributed by atoms with van der Waals surface area (Å²) in [5, 5.41) is 1.81. The maximum absolute atomic E-state index is 6.54. The van der Waals surface area contributed by atoms with Crippen molar-refractivity contribution in [1.82, 2.24) is 0 Å². The van der Waals surface area contributed by atoms with Crippen molar-refractivity contribution in [2.75, 3.05) is 0 Å². The van der Waals surface area contributed by atoms with E-state index in [9.17, 15) is 0 Å². The fraction of sp³-hybridized carbons (Fsp3) is 0.368. The predicted molar refractivity (Wildman–Crippen MR) is 89.6 cm³/mol. The van der Waals surface area contributed by atoms with Gasteiger partial charge in [-0.3, -0.25) is 0 Å². The summed E-state index contributed by atoms with van der Waals surface area (Å²) >= 11 is 13.1. The molecule has 0 fully saturated rings. The Bertz CT molecular complexity index is 651. The lowest BCUT2D eigenvalue weighted by molar-refractivity contribution is 0.333. The van der Waals surface area contributed by atoms with Crippen molar-refractivity contribution in [3.05, 3.63) is 68.7 Å². The highest BCUT2D eigenvalue weighted by atomic mass is 35.5. The molecule has 0 nitrogen and oxygen atoms in total. The molecule has 0 N–H and O–H groups in total. The van der Waals surface area contributed by atoms with Crippen LogP contribution in [-0.2, 0) is 0 Å². The molecule has 0 saturated heterocycles. The Morgan fingerprint density at radius 2 is 1.52 bits per heavy atom. The number of hydrogen-bond acceptors (Lipinski definition) is 0. The van der Waals surface area contributed by atoms with Gasteiger partial charge >= 0.3 is 0 Å². The van der Waals surface area contributed by atoms with Gasteiger partial charge in [0.1, 0.15) is 0 Å². The normalized spacial score (nSPS) is 25.6. The Labute approximate surface area is 136 Å². The van der Waals surface area contributed by atoms with Crippen molar-refractivity contribution >= 4 is 23.2 Å². The third kappa shape index (κ3) is 1.89. The van der Waals surface area contributed by atoms with Crippen LogP contribution in [0, 0.1) is 5.92 Å². The molecule has 0 aliphatic heterocycles. The van der Waals surface area contributed by atoms with E-state index in [4.69, 9.17) is 23.2 Å². The molecule has 0 amide bonds. The van der Waals surface area contributed by atoms with E-state index in [1.165, 1.54) is 41.5 Å². The zero-order chi connectivity index (χ0) is 14.6. The van der Waals surface area contributed by atoms with Crippen LogP contribution in [0.25, 0.3) is 0 Å². The number of benzene rings is 2. The fourth-order valence-electron chi connectivity index (χ4n) is 4.53. The summed E-state index contributed by atoms with van der Waals surface area (Å²) in [5.74, 6) is 1.56. The number of hydrogen-bond donors (Lipinski definition) is 0. The van der Waals surface area contributed by atoms with E-state index in [-0.39, 0.29) is 0 Å². The van der Waals surface area contributed by atoms with Gasteiger partial charge in [0.25, 0.3) is 0 Å². The standard InChI is InChI=1S/C19H18Cl2/c1-2-5-11-10-14-18-12(6-3-8-15(18)20)17(11)13-7-4-9-16(21)19(13)14/h3-4,6-9,11,14,17H,2,5,10H2,1H3. The lowest BCUT2D eigenvalue weighted by Gasteiger charge is -2.46. The third-order valence-corrected chi connectivity index (χ3v) is 5.87. The molecular formula is C19H18Cl2. The molecule has 0 radical (unpaired) electrons. The van der Waals surface area contributed by atoms with E-state index in [1.54, 1.807) is 0 Å². The molecule has 2 aromatic carbocycles. The highest BCUT2D eigenvalue weighted by Gasteiger charge is 2.44. The van der Waals surface area contributed by atoms with Crippen LogP contribution < -0.4 is 0 Å². The monoisotopic (exact) mass is 316 g/mol. The molecule has 21 heavy (non-hydrogen) atoms. The fourth-order valence-corrected chi connectivity index (χ4v) is 5.16. The largest absolute Gasteiger partial charge is 0.0840 e. The van der Waals surface area contributed by atoms with Crippen LogP contribution in [-0.4, -0.2) is 0 Å².